The molecule has 1 aliphatic rings. The zero-order valence-corrected chi connectivity index (χ0v) is 19.2. The highest BCUT2D eigenvalue weighted by Gasteiger charge is 2.32. The number of likely N-dealkylation sites (tertiary alicyclic amines) is 1. The first kappa shape index (κ1) is 23.1. The first-order chi connectivity index (χ1) is 16.4. The van der Waals surface area contributed by atoms with E-state index in [0.29, 0.717) is 42.8 Å². The number of nitrogens with two attached hydrogens (primary N) is 1. The highest BCUT2D eigenvalue weighted by molar-refractivity contribution is 5.99. The molecule has 1 fully saturated rings. The Morgan fingerprint density at radius 2 is 2.12 bits per heavy atom. The number of anilines is 2. The van der Waals surface area contributed by atoms with Gasteiger partial charge in [-0.3, -0.25) is 14.7 Å². The van der Waals surface area contributed by atoms with Crippen molar-refractivity contribution in [2.24, 2.45) is 11.7 Å². The van der Waals surface area contributed by atoms with E-state index in [2.05, 4.69) is 27.2 Å². The second-order valence-electron chi connectivity index (χ2n) is 8.43. The molecule has 34 heavy (non-hydrogen) atoms. The summed E-state index contributed by atoms with van der Waals surface area (Å²) in [6, 6.07) is 6.86. The molecule has 0 aromatic carbocycles. The number of piperidine rings is 1. The molecule has 3 aromatic heterocycles. The van der Waals surface area contributed by atoms with Gasteiger partial charge in [0, 0.05) is 39.1 Å². The van der Waals surface area contributed by atoms with Gasteiger partial charge in [0.05, 0.1) is 17.5 Å². The standard InChI is InChI=1S/C23H27N9O2/c1-15-6-9-31(20(33)5-8-24)13-18(15)30(2)21-17-7-10-32(22(17)28-14-27-21)23(34)29-19-4-3-16(11-25)12-26-19/h3-4,7,10,12,14-15,18H,5-6,9,11,13,25H2,1-2H3,(H,26,29,34)/t15-,18+/m1/s1. The fraction of sp³-hybridized carbons (Fsp3) is 0.391. The number of pyridine rings is 1. The molecule has 176 valence electrons. The van der Waals surface area contributed by atoms with Gasteiger partial charge in [-0.05, 0) is 30.0 Å². The maximum atomic E-state index is 12.9. The minimum Gasteiger partial charge on any atom is -0.354 e. The highest BCUT2D eigenvalue weighted by Crippen LogP contribution is 2.29. The first-order valence-electron chi connectivity index (χ1n) is 11.1. The van der Waals surface area contributed by atoms with Crippen LogP contribution < -0.4 is 16.0 Å². The topological polar surface area (TPSA) is 146 Å². The van der Waals surface area contributed by atoms with Crippen LogP contribution in [-0.4, -0.2) is 62.5 Å². The fourth-order valence-corrected chi connectivity index (χ4v) is 4.29. The van der Waals surface area contributed by atoms with Crippen molar-refractivity contribution in [1.29, 1.82) is 5.26 Å². The van der Waals surface area contributed by atoms with E-state index in [-0.39, 0.29) is 18.4 Å². The number of nitrogens with zero attached hydrogens (tertiary/aromatic N) is 7. The molecule has 0 unspecified atom stereocenters. The Balaban J connectivity index is 1.57. The molecule has 0 spiro atoms. The third-order valence-electron chi connectivity index (χ3n) is 6.31. The molecule has 4 heterocycles. The van der Waals surface area contributed by atoms with Crippen molar-refractivity contribution in [1.82, 2.24) is 24.4 Å². The van der Waals surface area contributed by atoms with Gasteiger partial charge < -0.3 is 15.5 Å². The summed E-state index contributed by atoms with van der Waals surface area (Å²) in [5.41, 5.74) is 6.93. The van der Waals surface area contributed by atoms with Crippen LogP contribution in [0.25, 0.3) is 11.0 Å². The smallest absolute Gasteiger partial charge is 0.332 e. The lowest BCUT2D eigenvalue weighted by Gasteiger charge is -2.42. The summed E-state index contributed by atoms with van der Waals surface area (Å²) in [5, 5.41) is 12.4. The van der Waals surface area contributed by atoms with Gasteiger partial charge in [-0.1, -0.05) is 13.0 Å². The number of nitriles is 1. The number of amides is 2. The second kappa shape index (κ2) is 9.84. The molecule has 3 aromatic rings. The molecular formula is C23H27N9O2. The Labute approximate surface area is 197 Å². The molecule has 0 radical (unpaired) electrons. The SMILES string of the molecule is C[C@@H]1CCN(C(=O)CC#N)C[C@@H]1N(C)c1ncnc2c1ccn2C(=O)Nc1ccc(CN)cn1. The van der Waals surface area contributed by atoms with E-state index in [1.165, 1.54) is 10.9 Å². The number of aromatic nitrogens is 4. The number of carbonyl (C=O) groups is 2. The summed E-state index contributed by atoms with van der Waals surface area (Å²) < 4.78 is 1.42. The average molecular weight is 462 g/mol. The lowest BCUT2D eigenvalue weighted by molar-refractivity contribution is -0.131. The normalized spacial score (nSPS) is 17.9. The number of nitrogens with one attached hydrogen (secondary N) is 1. The molecule has 3 N–H and O–H groups in total. The van der Waals surface area contributed by atoms with Gasteiger partial charge in [0.25, 0.3) is 0 Å². The van der Waals surface area contributed by atoms with Crippen LogP contribution in [0.2, 0.25) is 0 Å². The number of likely N-dealkylation sites (N-methyl/N-ethyl adjacent to an activating group) is 1. The monoisotopic (exact) mass is 461 g/mol. The number of carbonyl (C=O) groups excluding carboxylic acids is 2. The van der Waals surface area contributed by atoms with Gasteiger partial charge in [-0.2, -0.15) is 5.26 Å². The number of fused-ring (bicyclic) bond motifs is 1. The highest BCUT2D eigenvalue weighted by atomic mass is 16.2. The van der Waals surface area contributed by atoms with E-state index < -0.39 is 6.03 Å². The van der Waals surface area contributed by atoms with Crippen LogP contribution in [0.15, 0.2) is 36.9 Å². The van der Waals surface area contributed by atoms with Crippen LogP contribution in [0.3, 0.4) is 0 Å². The summed E-state index contributed by atoms with van der Waals surface area (Å²) in [6.07, 6.45) is 5.41. The minimum absolute atomic E-state index is 0.0110. The molecule has 2 amide bonds. The maximum absolute atomic E-state index is 12.9. The lowest BCUT2D eigenvalue weighted by atomic mass is 9.92. The van der Waals surface area contributed by atoms with Crippen LogP contribution in [0, 0.1) is 17.2 Å². The zero-order valence-electron chi connectivity index (χ0n) is 19.2. The molecule has 0 saturated carbocycles. The minimum atomic E-state index is -0.394. The molecule has 4 rings (SSSR count). The zero-order chi connectivity index (χ0) is 24.2. The molecule has 2 atom stereocenters. The summed E-state index contributed by atoms with van der Waals surface area (Å²) in [6.45, 7) is 3.67. The molecule has 1 saturated heterocycles. The molecule has 1 aliphatic heterocycles. The van der Waals surface area contributed by atoms with Gasteiger partial charge in [0.1, 0.15) is 24.4 Å². The predicted molar refractivity (Wildman–Crippen MR) is 127 cm³/mol. The molecular weight excluding hydrogens is 434 g/mol. The van der Waals surface area contributed by atoms with Crippen LogP contribution in [0.1, 0.15) is 25.3 Å². The van der Waals surface area contributed by atoms with Crippen molar-refractivity contribution in [2.45, 2.75) is 32.4 Å². The van der Waals surface area contributed by atoms with Gasteiger partial charge in [-0.15, -0.1) is 0 Å². The van der Waals surface area contributed by atoms with Crippen molar-refractivity contribution in [2.75, 3.05) is 30.4 Å². The average Bonchev–Trinajstić information content (AvgIpc) is 3.29. The van der Waals surface area contributed by atoms with E-state index in [4.69, 9.17) is 11.0 Å². The molecule has 0 bridgehead atoms. The number of hydrogen-bond donors (Lipinski definition) is 2. The van der Waals surface area contributed by atoms with Crippen molar-refractivity contribution in [3.05, 3.63) is 42.5 Å². The van der Waals surface area contributed by atoms with Crippen LogP contribution in [0.5, 0.6) is 0 Å². The number of rotatable bonds is 5. The third-order valence-corrected chi connectivity index (χ3v) is 6.31. The van der Waals surface area contributed by atoms with E-state index in [9.17, 15) is 9.59 Å². The Morgan fingerprint density at radius 1 is 1.29 bits per heavy atom. The van der Waals surface area contributed by atoms with Crippen LogP contribution in [0.4, 0.5) is 16.4 Å². The molecule has 0 aliphatic carbocycles. The third kappa shape index (κ3) is 4.53. The van der Waals surface area contributed by atoms with E-state index in [1.807, 2.05) is 24.1 Å². The van der Waals surface area contributed by atoms with Crippen molar-refractivity contribution >= 4 is 34.6 Å². The summed E-state index contributed by atoms with van der Waals surface area (Å²) in [7, 11) is 1.93. The van der Waals surface area contributed by atoms with Gasteiger partial charge in [0.15, 0.2) is 5.65 Å². The second-order valence-corrected chi connectivity index (χ2v) is 8.43. The largest absolute Gasteiger partial charge is 0.354 e. The van der Waals surface area contributed by atoms with Crippen LogP contribution >= 0.6 is 0 Å². The Morgan fingerprint density at radius 3 is 2.82 bits per heavy atom. The summed E-state index contributed by atoms with van der Waals surface area (Å²) in [5.74, 6) is 1.24. The van der Waals surface area contributed by atoms with E-state index in [0.717, 1.165) is 17.4 Å². The molecule has 11 nitrogen and oxygen atoms in total. The first-order valence-corrected chi connectivity index (χ1v) is 11.1. The Hall–Kier alpha value is -4.04. The van der Waals surface area contributed by atoms with Crippen LogP contribution in [-0.2, 0) is 11.3 Å². The summed E-state index contributed by atoms with van der Waals surface area (Å²) >= 11 is 0. The van der Waals surface area contributed by atoms with E-state index in [1.54, 1.807) is 29.4 Å². The lowest BCUT2D eigenvalue weighted by Crippen LogP contribution is -2.52. The Kier molecular flexibility index (Phi) is 6.70. The fourth-order valence-electron chi connectivity index (χ4n) is 4.29. The van der Waals surface area contributed by atoms with Gasteiger partial charge in [-0.25, -0.2) is 19.7 Å². The number of hydrogen-bond acceptors (Lipinski definition) is 8. The summed E-state index contributed by atoms with van der Waals surface area (Å²) in [4.78, 5) is 42.0. The van der Waals surface area contributed by atoms with Gasteiger partial charge in [0.2, 0.25) is 5.91 Å². The Bertz CT molecular complexity index is 1230. The van der Waals surface area contributed by atoms with Crippen molar-refractivity contribution < 1.29 is 9.59 Å². The quantitative estimate of drug-likeness (QED) is 0.586. The maximum Gasteiger partial charge on any atom is 0.332 e. The van der Waals surface area contributed by atoms with Crippen molar-refractivity contribution in [3.63, 3.8) is 0 Å². The predicted octanol–water partition coefficient (Wildman–Crippen LogP) is 1.95. The van der Waals surface area contributed by atoms with Gasteiger partial charge >= 0.3 is 6.03 Å². The van der Waals surface area contributed by atoms with E-state index >= 15 is 0 Å². The van der Waals surface area contributed by atoms with Crippen molar-refractivity contribution in [3.8, 4) is 6.07 Å². The molecule has 11 heteroatoms.